The van der Waals surface area contributed by atoms with Crippen molar-refractivity contribution in [3.8, 4) is 22.3 Å². The largest absolute Gasteiger partial charge is 0.348 e. The van der Waals surface area contributed by atoms with Crippen LogP contribution in [-0.4, -0.2) is 13.2 Å². The summed E-state index contributed by atoms with van der Waals surface area (Å²) in [4.78, 5) is 0. The van der Waals surface area contributed by atoms with Crippen molar-refractivity contribution in [2.45, 2.75) is 71.5 Å². The molecule has 6 heteroatoms. The zero-order valence-corrected chi connectivity index (χ0v) is 23.3. The van der Waals surface area contributed by atoms with Gasteiger partial charge in [-0.1, -0.05) is 93.3 Å². The van der Waals surface area contributed by atoms with Crippen molar-refractivity contribution in [3.05, 3.63) is 95.1 Å². The average Bonchev–Trinajstić information content (AvgIpc) is 2.97. The molecule has 1 heterocycles. The summed E-state index contributed by atoms with van der Waals surface area (Å²) in [6.07, 6.45) is 10.6. The van der Waals surface area contributed by atoms with Gasteiger partial charge in [-0.15, -0.1) is 0 Å². The quantitative estimate of drug-likeness (QED) is 0.126. The predicted molar refractivity (Wildman–Crippen MR) is 152 cm³/mol. The molecule has 214 valence electrons. The van der Waals surface area contributed by atoms with Gasteiger partial charge in [-0.2, -0.15) is 0 Å². The third-order valence-electron chi connectivity index (χ3n) is 7.53. The SMILES string of the molecule is C/C=C/CCC1COC(c2ccc(-c3ccc(-c4ccc(CCCCCCC)c(F)c4F)cc3)c(F)c2F)OC1. The summed E-state index contributed by atoms with van der Waals surface area (Å²) in [5, 5.41) is 0. The van der Waals surface area contributed by atoms with Crippen molar-refractivity contribution in [1.82, 2.24) is 0 Å². The Morgan fingerprint density at radius 2 is 1.32 bits per heavy atom. The molecule has 0 radical (unpaired) electrons. The molecule has 3 aromatic carbocycles. The van der Waals surface area contributed by atoms with Crippen LogP contribution in [0.1, 0.15) is 76.2 Å². The van der Waals surface area contributed by atoms with Gasteiger partial charge in [0.15, 0.2) is 29.6 Å². The number of halogens is 4. The molecule has 0 saturated carbocycles. The number of ether oxygens (including phenoxy) is 2. The summed E-state index contributed by atoms with van der Waals surface area (Å²) in [7, 11) is 0. The molecule has 1 aliphatic rings. The van der Waals surface area contributed by atoms with Gasteiger partial charge in [-0.3, -0.25) is 0 Å². The molecular weight excluding hydrogens is 516 g/mol. The summed E-state index contributed by atoms with van der Waals surface area (Å²) in [5.74, 6) is -3.53. The van der Waals surface area contributed by atoms with Gasteiger partial charge < -0.3 is 9.47 Å². The third kappa shape index (κ3) is 7.21. The average molecular weight is 555 g/mol. The van der Waals surface area contributed by atoms with Crippen LogP contribution in [-0.2, 0) is 15.9 Å². The summed E-state index contributed by atoms with van der Waals surface area (Å²) in [5.41, 5.74) is 1.48. The van der Waals surface area contributed by atoms with Crippen LogP contribution in [0.3, 0.4) is 0 Å². The fourth-order valence-electron chi connectivity index (χ4n) is 5.11. The lowest BCUT2D eigenvalue weighted by Gasteiger charge is -2.29. The Bertz CT molecular complexity index is 1280. The monoisotopic (exact) mass is 554 g/mol. The van der Waals surface area contributed by atoms with E-state index in [0.717, 1.165) is 44.9 Å². The molecule has 0 aliphatic carbocycles. The van der Waals surface area contributed by atoms with Gasteiger partial charge >= 0.3 is 0 Å². The molecule has 0 unspecified atom stereocenters. The van der Waals surface area contributed by atoms with E-state index in [9.17, 15) is 8.78 Å². The number of hydrogen-bond acceptors (Lipinski definition) is 2. The Labute approximate surface area is 235 Å². The summed E-state index contributed by atoms with van der Waals surface area (Å²) in [6, 6.07) is 12.5. The fraction of sp³-hybridized carbons (Fsp3) is 0.412. The van der Waals surface area contributed by atoms with E-state index in [1.807, 2.05) is 13.0 Å². The van der Waals surface area contributed by atoms with Crippen LogP contribution in [0.15, 0.2) is 60.7 Å². The summed E-state index contributed by atoms with van der Waals surface area (Å²) >= 11 is 0. The van der Waals surface area contributed by atoms with Gasteiger partial charge in [0.25, 0.3) is 0 Å². The molecule has 1 aliphatic heterocycles. The molecule has 0 amide bonds. The minimum Gasteiger partial charge on any atom is -0.348 e. The number of rotatable bonds is 12. The van der Waals surface area contributed by atoms with E-state index in [0.29, 0.717) is 36.3 Å². The molecule has 0 aromatic heterocycles. The first-order valence-corrected chi connectivity index (χ1v) is 14.3. The second kappa shape index (κ2) is 14.6. The summed E-state index contributed by atoms with van der Waals surface area (Å²) in [6.45, 7) is 4.94. The topological polar surface area (TPSA) is 18.5 Å². The van der Waals surface area contributed by atoms with Gasteiger partial charge in [0.2, 0.25) is 0 Å². The number of benzene rings is 3. The lowest BCUT2D eigenvalue weighted by atomic mass is 9.96. The zero-order valence-electron chi connectivity index (χ0n) is 23.3. The molecule has 0 atom stereocenters. The number of allylic oxidation sites excluding steroid dienone is 2. The molecule has 3 aromatic rings. The van der Waals surface area contributed by atoms with E-state index in [4.69, 9.17) is 9.47 Å². The molecule has 0 bridgehead atoms. The normalized spacial score (nSPS) is 17.6. The van der Waals surface area contributed by atoms with Crippen molar-refractivity contribution >= 4 is 0 Å². The van der Waals surface area contributed by atoms with Crippen LogP contribution in [0.5, 0.6) is 0 Å². The highest BCUT2D eigenvalue weighted by Crippen LogP contribution is 2.35. The van der Waals surface area contributed by atoms with E-state index in [1.54, 1.807) is 36.4 Å². The van der Waals surface area contributed by atoms with E-state index < -0.39 is 29.6 Å². The second-order valence-electron chi connectivity index (χ2n) is 10.5. The van der Waals surface area contributed by atoms with E-state index >= 15 is 8.78 Å². The minimum atomic E-state index is -1.02. The van der Waals surface area contributed by atoms with Crippen molar-refractivity contribution in [2.75, 3.05) is 13.2 Å². The van der Waals surface area contributed by atoms with Crippen molar-refractivity contribution in [2.24, 2.45) is 5.92 Å². The Hall–Kier alpha value is -2.96. The van der Waals surface area contributed by atoms with Crippen molar-refractivity contribution in [3.63, 3.8) is 0 Å². The Morgan fingerprint density at radius 3 is 1.95 bits per heavy atom. The van der Waals surface area contributed by atoms with Gasteiger partial charge in [-0.25, -0.2) is 17.6 Å². The highest BCUT2D eigenvalue weighted by Gasteiger charge is 2.28. The molecule has 1 fully saturated rings. The molecular formula is C34H38F4O2. The number of unbranched alkanes of at least 4 members (excludes halogenated alkanes) is 4. The Balaban J connectivity index is 1.44. The van der Waals surface area contributed by atoms with Crippen LogP contribution in [0.2, 0.25) is 0 Å². The van der Waals surface area contributed by atoms with Crippen LogP contribution in [0.25, 0.3) is 22.3 Å². The molecule has 2 nitrogen and oxygen atoms in total. The third-order valence-corrected chi connectivity index (χ3v) is 7.53. The molecule has 0 spiro atoms. The molecule has 1 saturated heterocycles. The highest BCUT2D eigenvalue weighted by molar-refractivity contribution is 5.71. The van der Waals surface area contributed by atoms with Gasteiger partial charge in [0.05, 0.1) is 13.2 Å². The maximum absolute atomic E-state index is 15.1. The maximum atomic E-state index is 15.1. The first-order chi connectivity index (χ1) is 19.4. The number of hydrogen-bond donors (Lipinski definition) is 0. The lowest BCUT2D eigenvalue weighted by Crippen LogP contribution is -2.27. The van der Waals surface area contributed by atoms with Gasteiger partial charge in [0.1, 0.15) is 0 Å². The fourth-order valence-corrected chi connectivity index (χ4v) is 5.11. The van der Waals surface area contributed by atoms with Crippen LogP contribution >= 0.6 is 0 Å². The van der Waals surface area contributed by atoms with Crippen LogP contribution in [0.4, 0.5) is 17.6 Å². The highest BCUT2D eigenvalue weighted by atomic mass is 19.2. The van der Waals surface area contributed by atoms with Gasteiger partial charge in [0, 0.05) is 22.6 Å². The van der Waals surface area contributed by atoms with Crippen LogP contribution in [0, 0.1) is 29.2 Å². The van der Waals surface area contributed by atoms with Gasteiger partial charge in [-0.05, 0) is 49.3 Å². The first-order valence-electron chi connectivity index (χ1n) is 14.3. The smallest absolute Gasteiger partial charge is 0.186 e. The standard InChI is InChI=1S/C34H38F4O2/c1-3-5-7-8-10-12-26-17-18-27(31(36)30(26)35)24-13-15-25(16-14-24)28-19-20-29(33(38)32(28)37)34-39-21-23(22-40-34)11-9-6-4-2/h4,6,13-20,23,34H,3,5,7-12,21-22H2,1-2H3/b6-4+. The molecule has 4 rings (SSSR count). The predicted octanol–water partition coefficient (Wildman–Crippen LogP) is 10.1. The van der Waals surface area contributed by atoms with E-state index in [1.165, 1.54) is 12.1 Å². The minimum absolute atomic E-state index is 0.0211. The molecule has 40 heavy (non-hydrogen) atoms. The van der Waals surface area contributed by atoms with Crippen molar-refractivity contribution < 1.29 is 27.0 Å². The van der Waals surface area contributed by atoms with Crippen molar-refractivity contribution in [1.29, 1.82) is 0 Å². The molecule has 0 N–H and O–H groups in total. The zero-order chi connectivity index (χ0) is 28.5. The van der Waals surface area contributed by atoms with Crippen LogP contribution < -0.4 is 0 Å². The second-order valence-corrected chi connectivity index (χ2v) is 10.5. The first kappa shape index (κ1) is 30.0. The maximum Gasteiger partial charge on any atom is 0.186 e. The lowest BCUT2D eigenvalue weighted by molar-refractivity contribution is -0.207. The van der Waals surface area contributed by atoms with E-state index in [2.05, 4.69) is 13.0 Å². The Morgan fingerprint density at radius 1 is 0.725 bits per heavy atom. The summed E-state index contributed by atoms with van der Waals surface area (Å²) < 4.78 is 71.3. The Kier molecular flexibility index (Phi) is 11.0. The van der Waals surface area contributed by atoms with E-state index in [-0.39, 0.29) is 22.6 Å². The number of aryl methyl sites for hydroxylation is 1.